The molecule has 4 bridgehead atoms. The Hall–Kier alpha value is -0.960. The van der Waals surface area contributed by atoms with Gasteiger partial charge in [0.25, 0.3) is 0 Å². The van der Waals surface area contributed by atoms with Gasteiger partial charge in [-0.25, -0.2) is 0 Å². The van der Waals surface area contributed by atoms with Gasteiger partial charge in [-0.3, -0.25) is 4.79 Å². The molecule has 1 amide bonds. The zero-order valence-electron chi connectivity index (χ0n) is 12.8. The maximum atomic E-state index is 12.4. The zero-order chi connectivity index (χ0) is 14.9. The molecule has 1 aromatic rings. The van der Waals surface area contributed by atoms with Crippen LogP contribution in [-0.4, -0.2) is 16.4 Å². The van der Waals surface area contributed by atoms with Gasteiger partial charge in [-0.15, -0.1) is 0 Å². The Morgan fingerprint density at radius 3 is 2.59 bits per heavy atom. The average Bonchev–Trinajstić information content (AvgIpc) is 3.27. The number of primary amides is 1. The predicted octanol–water partition coefficient (Wildman–Crippen LogP) is 3.49. The Morgan fingerprint density at radius 1 is 1.14 bits per heavy atom. The summed E-state index contributed by atoms with van der Waals surface area (Å²) in [6.07, 6.45) is 7.28. The van der Waals surface area contributed by atoms with Gasteiger partial charge in [0.1, 0.15) is 0 Å². The number of benzene rings is 1. The van der Waals surface area contributed by atoms with Crippen molar-refractivity contribution < 1.29 is 4.79 Å². The topological polar surface area (TPSA) is 43.1 Å². The summed E-state index contributed by atoms with van der Waals surface area (Å²) in [5.41, 5.74) is 7.42. The normalized spacial score (nSPS) is 45.4. The molecule has 1 aromatic carbocycles. The summed E-state index contributed by atoms with van der Waals surface area (Å²) in [4.78, 5) is 12.4. The number of rotatable bonds is 4. The molecule has 0 radical (unpaired) electrons. The van der Waals surface area contributed by atoms with E-state index in [1.807, 2.05) is 0 Å². The van der Waals surface area contributed by atoms with E-state index in [1.165, 1.54) is 31.2 Å². The fraction of sp³-hybridized carbons (Fsp3) is 0.632. The minimum absolute atomic E-state index is 0.0149. The van der Waals surface area contributed by atoms with Crippen molar-refractivity contribution in [1.82, 2.24) is 0 Å². The third-order valence-electron chi connectivity index (χ3n) is 6.87. The lowest BCUT2D eigenvalue weighted by molar-refractivity contribution is -0.129. The lowest BCUT2D eigenvalue weighted by Gasteiger charge is -2.42. The highest BCUT2D eigenvalue weighted by Crippen LogP contribution is 2.73. The van der Waals surface area contributed by atoms with Crippen LogP contribution in [0.5, 0.6) is 0 Å². The highest BCUT2D eigenvalue weighted by Gasteiger charge is 2.70. The molecule has 2 nitrogen and oxygen atoms in total. The van der Waals surface area contributed by atoms with E-state index in [2.05, 4.69) is 42.1 Å². The molecule has 2 N–H and O–H groups in total. The molecule has 5 aliphatic rings. The second kappa shape index (κ2) is 4.31. The maximum absolute atomic E-state index is 12.4. The van der Waals surface area contributed by atoms with Crippen molar-refractivity contribution in [3.05, 3.63) is 35.9 Å². The molecule has 0 aromatic heterocycles. The molecule has 6 rings (SSSR count). The van der Waals surface area contributed by atoms with Crippen LogP contribution >= 0.6 is 11.8 Å². The van der Waals surface area contributed by atoms with Crippen molar-refractivity contribution in [1.29, 1.82) is 0 Å². The van der Waals surface area contributed by atoms with E-state index in [4.69, 9.17) is 5.73 Å². The van der Waals surface area contributed by atoms with Crippen molar-refractivity contribution in [2.45, 2.75) is 54.4 Å². The first-order valence-electron chi connectivity index (χ1n) is 8.64. The highest BCUT2D eigenvalue weighted by atomic mass is 32.2. The van der Waals surface area contributed by atoms with Crippen LogP contribution in [0.15, 0.2) is 30.3 Å². The number of carbonyl (C=O) groups is 1. The molecule has 0 spiro atoms. The summed E-state index contributed by atoms with van der Waals surface area (Å²) in [6, 6.07) is 10.9. The molecular formula is C19H23NOS. The lowest BCUT2D eigenvalue weighted by Crippen LogP contribution is -2.41. The molecular weight excluding hydrogens is 290 g/mol. The first kappa shape index (κ1) is 13.5. The Kier molecular flexibility index (Phi) is 2.64. The van der Waals surface area contributed by atoms with Gasteiger partial charge >= 0.3 is 0 Å². The van der Waals surface area contributed by atoms with Gasteiger partial charge in [0.05, 0.1) is 5.41 Å². The van der Waals surface area contributed by atoms with Crippen molar-refractivity contribution in [3.8, 4) is 0 Å². The molecule has 5 aliphatic carbocycles. The summed E-state index contributed by atoms with van der Waals surface area (Å²) in [7, 11) is 0. The van der Waals surface area contributed by atoms with Gasteiger partial charge in [-0.1, -0.05) is 30.3 Å². The first-order valence-corrected chi connectivity index (χ1v) is 9.58. The summed E-state index contributed by atoms with van der Waals surface area (Å²) in [5, 5.41) is 1.57. The smallest absolute Gasteiger partial charge is 0.224 e. The number of amides is 1. The van der Waals surface area contributed by atoms with Crippen LogP contribution in [0.2, 0.25) is 0 Å². The van der Waals surface area contributed by atoms with Crippen LogP contribution in [0, 0.1) is 17.3 Å². The molecule has 3 heteroatoms. The number of nitrogens with two attached hydrogens (primary N) is 1. The molecule has 5 fully saturated rings. The second-order valence-electron chi connectivity index (χ2n) is 8.12. The Morgan fingerprint density at radius 2 is 1.91 bits per heavy atom. The van der Waals surface area contributed by atoms with E-state index in [0.717, 1.165) is 18.1 Å². The van der Waals surface area contributed by atoms with E-state index in [0.29, 0.717) is 17.1 Å². The van der Waals surface area contributed by atoms with Crippen LogP contribution < -0.4 is 5.73 Å². The third kappa shape index (κ3) is 1.66. The van der Waals surface area contributed by atoms with Crippen molar-refractivity contribution in [3.63, 3.8) is 0 Å². The maximum Gasteiger partial charge on any atom is 0.224 e. The quantitative estimate of drug-likeness (QED) is 0.924. The van der Waals surface area contributed by atoms with Gasteiger partial charge in [0.15, 0.2) is 0 Å². The lowest BCUT2D eigenvalue weighted by atomic mass is 9.63. The van der Waals surface area contributed by atoms with Gasteiger partial charge in [0, 0.05) is 10.5 Å². The monoisotopic (exact) mass is 313 g/mol. The van der Waals surface area contributed by atoms with E-state index >= 15 is 0 Å². The number of hydrogen-bond donors (Lipinski definition) is 1. The van der Waals surface area contributed by atoms with Gasteiger partial charge in [-0.2, -0.15) is 11.8 Å². The van der Waals surface area contributed by atoms with Crippen LogP contribution in [-0.2, 0) is 10.2 Å². The van der Waals surface area contributed by atoms with E-state index in [9.17, 15) is 4.79 Å². The SMILES string of the molecule is NC(=O)C12CC3CC(c4ccccc4)(CC1C3SC1CC1)C2. The molecule has 0 saturated heterocycles. The number of thioether (sulfide) groups is 1. The van der Waals surface area contributed by atoms with Crippen LogP contribution in [0.25, 0.3) is 0 Å². The van der Waals surface area contributed by atoms with E-state index in [1.54, 1.807) is 0 Å². The summed E-state index contributed by atoms with van der Waals surface area (Å²) in [6.45, 7) is 0. The van der Waals surface area contributed by atoms with Gasteiger partial charge in [0.2, 0.25) is 5.91 Å². The minimum atomic E-state index is -0.203. The number of hydrogen-bond acceptors (Lipinski definition) is 2. The predicted molar refractivity (Wildman–Crippen MR) is 89.6 cm³/mol. The van der Waals surface area contributed by atoms with Crippen molar-refractivity contribution >= 4 is 17.7 Å². The fourth-order valence-corrected chi connectivity index (χ4v) is 7.78. The summed E-state index contributed by atoms with van der Waals surface area (Å²) < 4.78 is 0. The zero-order valence-corrected chi connectivity index (χ0v) is 13.6. The van der Waals surface area contributed by atoms with Gasteiger partial charge < -0.3 is 5.73 Å². The highest BCUT2D eigenvalue weighted by molar-refractivity contribution is 8.00. The van der Waals surface area contributed by atoms with Gasteiger partial charge in [-0.05, 0) is 61.3 Å². The molecule has 5 atom stereocenters. The molecule has 5 saturated carbocycles. The Bertz CT molecular complexity index is 628. The van der Waals surface area contributed by atoms with Crippen LogP contribution in [0.1, 0.15) is 44.1 Å². The molecule has 5 unspecified atom stereocenters. The van der Waals surface area contributed by atoms with Crippen molar-refractivity contribution in [2.24, 2.45) is 23.0 Å². The molecule has 22 heavy (non-hydrogen) atoms. The Labute approximate surface area is 136 Å². The number of carbonyl (C=O) groups excluding carboxylic acids is 1. The van der Waals surface area contributed by atoms with E-state index in [-0.39, 0.29) is 16.7 Å². The summed E-state index contributed by atoms with van der Waals surface area (Å²) in [5.74, 6) is 1.21. The van der Waals surface area contributed by atoms with Crippen molar-refractivity contribution in [2.75, 3.05) is 0 Å². The largest absolute Gasteiger partial charge is 0.369 e. The second-order valence-corrected chi connectivity index (χ2v) is 9.61. The summed E-state index contributed by atoms with van der Waals surface area (Å²) >= 11 is 2.20. The van der Waals surface area contributed by atoms with Crippen LogP contribution in [0.4, 0.5) is 0 Å². The Balaban J connectivity index is 1.55. The van der Waals surface area contributed by atoms with E-state index < -0.39 is 0 Å². The third-order valence-corrected chi connectivity index (χ3v) is 8.75. The first-order chi connectivity index (χ1) is 10.6. The standard InChI is InChI=1S/C19H23NOS/c20-17(21)19-9-12-8-18(11-19,13-4-2-1-3-5-13)10-15(19)16(12)22-14-6-7-14/h1-5,12,14-16H,6-11H2,(H2,20,21). The van der Waals surface area contributed by atoms with Crippen LogP contribution in [0.3, 0.4) is 0 Å². The molecule has 116 valence electrons. The molecule has 0 aliphatic heterocycles. The fourth-order valence-electron chi connectivity index (χ4n) is 5.97. The molecule has 0 heterocycles. The average molecular weight is 313 g/mol. The minimum Gasteiger partial charge on any atom is -0.369 e.